The van der Waals surface area contributed by atoms with Gasteiger partial charge in [0.15, 0.2) is 0 Å². The van der Waals surface area contributed by atoms with E-state index in [-0.39, 0.29) is 11.5 Å². The zero-order valence-electron chi connectivity index (χ0n) is 11.9. The zero-order chi connectivity index (χ0) is 17.0. The van der Waals surface area contributed by atoms with Crippen LogP contribution in [0.1, 0.15) is 34.6 Å². The number of amides is 2. The molecule has 0 aliphatic rings. The van der Waals surface area contributed by atoms with Gasteiger partial charge < -0.3 is 16.2 Å². The first-order chi connectivity index (χ1) is 10.1. The van der Waals surface area contributed by atoms with E-state index in [0.29, 0.717) is 0 Å². The maximum absolute atomic E-state index is 12.1. The molecule has 0 aromatic heterocycles. The number of aromatic carboxylic acids is 1. The first kappa shape index (κ1) is 17.1. The van der Waals surface area contributed by atoms with E-state index in [4.69, 9.17) is 10.8 Å². The molecule has 0 fully saturated rings. The van der Waals surface area contributed by atoms with Gasteiger partial charge in [-0.25, -0.2) is 4.79 Å². The number of hydrogen-bond acceptors (Lipinski definition) is 5. The van der Waals surface area contributed by atoms with Crippen LogP contribution in [0.3, 0.4) is 0 Å². The smallest absolute Gasteiger partial charge is 0.335 e. The molecule has 0 heterocycles. The van der Waals surface area contributed by atoms with Crippen LogP contribution in [0.5, 0.6) is 0 Å². The van der Waals surface area contributed by atoms with Crippen LogP contribution in [0.25, 0.3) is 0 Å². The number of nitro benzene ring substituents is 1. The number of nitro groups is 1. The molecule has 0 saturated carbocycles. The number of carbonyl (C=O) groups excluding carboxylic acids is 2. The Balaban J connectivity index is 3.19. The lowest BCUT2D eigenvalue weighted by molar-refractivity contribution is -0.384. The molecule has 1 aromatic carbocycles. The number of carboxylic acid groups (broad SMARTS) is 1. The number of nitrogens with one attached hydrogen (secondary N) is 1. The Morgan fingerprint density at radius 1 is 1.23 bits per heavy atom. The van der Waals surface area contributed by atoms with Crippen molar-refractivity contribution in [3.63, 3.8) is 0 Å². The molecule has 0 saturated heterocycles. The van der Waals surface area contributed by atoms with Gasteiger partial charge in [-0.2, -0.15) is 0 Å². The molecule has 0 aliphatic heterocycles. The van der Waals surface area contributed by atoms with E-state index in [1.165, 1.54) is 0 Å². The number of hydrogen-bond donors (Lipinski definition) is 3. The Kier molecular flexibility index (Phi) is 5.17. The van der Waals surface area contributed by atoms with E-state index >= 15 is 0 Å². The maximum Gasteiger partial charge on any atom is 0.335 e. The molecule has 1 unspecified atom stereocenters. The molecule has 1 atom stereocenters. The first-order valence-corrected chi connectivity index (χ1v) is 6.26. The Hall–Kier alpha value is -2.97. The van der Waals surface area contributed by atoms with E-state index in [1.807, 2.05) is 0 Å². The van der Waals surface area contributed by atoms with Crippen LogP contribution >= 0.6 is 0 Å². The lowest BCUT2D eigenvalue weighted by Gasteiger charge is -2.18. The normalized spacial score (nSPS) is 11.8. The minimum Gasteiger partial charge on any atom is -0.478 e. The van der Waals surface area contributed by atoms with Crippen molar-refractivity contribution in [2.45, 2.75) is 19.9 Å². The number of carboxylic acids is 1. The third-order valence-corrected chi connectivity index (χ3v) is 2.90. The number of benzene rings is 1. The number of rotatable bonds is 6. The summed E-state index contributed by atoms with van der Waals surface area (Å²) in [5, 5.41) is 22.1. The highest BCUT2D eigenvalue weighted by atomic mass is 16.6. The molecule has 9 heteroatoms. The van der Waals surface area contributed by atoms with Crippen molar-refractivity contribution in [2.24, 2.45) is 11.7 Å². The molecule has 0 bridgehead atoms. The Bertz CT molecular complexity index is 608. The molecular formula is C13H15N3O6. The summed E-state index contributed by atoms with van der Waals surface area (Å²) in [6.45, 7) is 3.32. The topological polar surface area (TPSA) is 153 Å². The molecule has 0 aliphatic carbocycles. The minimum atomic E-state index is -1.41. The second-order valence-corrected chi connectivity index (χ2v) is 4.93. The number of carbonyl (C=O) groups is 3. The quantitative estimate of drug-likeness (QED) is 0.514. The molecule has 4 N–H and O–H groups in total. The van der Waals surface area contributed by atoms with E-state index < -0.39 is 40.0 Å². The predicted octanol–water partition coefficient (Wildman–Crippen LogP) is 0.533. The fourth-order valence-electron chi connectivity index (χ4n) is 1.76. The third kappa shape index (κ3) is 4.01. The highest BCUT2D eigenvalue weighted by Crippen LogP contribution is 2.18. The molecule has 22 heavy (non-hydrogen) atoms. The number of primary amides is 1. The monoisotopic (exact) mass is 309 g/mol. The third-order valence-electron chi connectivity index (χ3n) is 2.90. The van der Waals surface area contributed by atoms with Crippen LogP contribution in [0.4, 0.5) is 5.69 Å². The van der Waals surface area contributed by atoms with Crippen molar-refractivity contribution in [1.29, 1.82) is 0 Å². The zero-order valence-corrected chi connectivity index (χ0v) is 11.9. The van der Waals surface area contributed by atoms with Crippen molar-refractivity contribution in [3.8, 4) is 0 Å². The summed E-state index contributed by atoms with van der Waals surface area (Å²) >= 11 is 0. The second kappa shape index (κ2) is 6.66. The van der Waals surface area contributed by atoms with Crippen molar-refractivity contribution >= 4 is 23.5 Å². The van der Waals surface area contributed by atoms with Crippen molar-refractivity contribution < 1.29 is 24.4 Å². The Labute approximate surface area is 125 Å². The summed E-state index contributed by atoms with van der Waals surface area (Å²) in [4.78, 5) is 44.3. The highest BCUT2D eigenvalue weighted by molar-refractivity contribution is 6.00. The Morgan fingerprint density at radius 3 is 2.18 bits per heavy atom. The van der Waals surface area contributed by atoms with E-state index in [0.717, 1.165) is 18.2 Å². The molecule has 1 rings (SSSR count). The van der Waals surface area contributed by atoms with E-state index in [1.54, 1.807) is 13.8 Å². The highest BCUT2D eigenvalue weighted by Gasteiger charge is 2.24. The summed E-state index contributed by atoms with van der Waals surface area (Å²) in [6, 6.07) is 1.79. The molecular weight excluding hydrogens is 294 g/mol. The summed E-state index contributed by atoms with van der Waals surface area (Å²) in [5.41, 5.74) is 3.99. The van der Waals surface area contributed by atoms with E-state index in [2.05, 4.69) is 5.32 Å². The van der Waals surface area contributed by atoms with Gasteiger partial charge >= 0.3 is 5.97 Å². The minimum absolute atomic E-state index is 0.237. The van der Waals surface area contributed by atoms with Crippen molar-refractivity contribution in [2.75, 3.05) is 0 Å². The van der Waals surface area contributed by atoms with Gasteiger partial charge in [-0.3, -0.25) is 19.7 Å². The average molecular weight is 309 g/mol. The molecule has 118 valence electrons. The van der Waals surface area contributed by atoms with Crippen molar-refractivity contribution in [3.05, 3.63) is 39.4 Å². The standard InChI is InChI=1S/C13H15N3O6/c1-6(2)10(11(14)17)15-12(18)7-3-8(13(19)20)5-9(4-7)16(21)22/h3-6,10H,1-2H3,(H2,14,17)(H,15,18)(H,19,20). The largest absolute Gasteiger partial charge is 0.478 e. The van der Waals surface area contributed by atoms with Crippen LogP contribution in [0, 0.1) is 16.0 Å². The van der Waals surface area contributed by atoms with Gasteiger partial charge in [-0.05, 0) is 12.0 Å². The summed E-state index contributed by atoms with van der Waals surface area (Å²) in [5.74, 6) is -3.27. The van der Waals surface area contributed by atoms with Gasteiger partial charge in [0, 0.05) is 17.7 Å². The van der Waals surface area contributed by atoms with Crippen LogP contribution in [-0.2, 0) is 4.79 Å². The molecule has 2 amide bonds. The van der Waals surface area contributed by atoms with Gasteiger partial charge in [0.05, 0.1) is 10.5 Å². The average Bonchev–Trinajstić information content (AvgIpc) is 2.42. The van der Waals surface area contributed by atoms with Gasteiger partial charge in [0.25, 0.3) is 11.6 Å². The van der Waals surface area contributed by atoms with Gasteiger partial charge in [0.1, 0.15) is 6.04 Å². The van der Waals surface area contributed by atoms with Gasteiger partial charge in [0.2, 0.25) is 5.91 Å². The fourth-order valence-corrected chi connectivity index (χ4v) is 1.76. The van der Waals surface area contributed by atoms with E-state index in [9.17, 15) is 24.5 Å². The van der Waals surface area contributed by atoms with Crippen LogP contribution < -0.4 is 11.1 Å². The summed E-state index contributed by atoms with van der Waals surface area (Å²) < 4.78 is 0. The SMILES string of the molecule is CC(C)C(NC(=O)c1cc(C(=O)O)cc([N+](=O)[O-])c1)C(N)=O. The van der Waals surface area contributed by atoms with Crippen molar-refractivity contribution in [1.82, 2.24) is 5.32 Å². The number of nitrogens with zero attached hydrogens (tertiary/aromatic N) is 1. The predicted molar refractivity (Wildman–Crippen MR) is 75.3 cm³/mol. The molecule has 0 spiro atoms. The summed E-state index contributed by atoms with van der Waals surface area (Å²) in [7, 11) is 0. The molecule has 0 radical (unpaired) electrons. The van der Waals surface area contributed by atoms with Crippen LogP contribution in [0.2, 0.25) is 0 Å². The van der Waals surface area contributed by atoms with Gasteiger partial charge in [-0.1, -0.05) is 13.8 Å². The second-order valence-electron chi connectivity index (χ2n) is 4.93. The lowest BCUT2D eigenvalue weighted by atomic mass is 10.0. The van der Waals surface area contributed by atoms with Gasteiger partial charge in [-0.15, -0.1) is 0 Å². The summed E-state index contributed by atoms with van der Waals surface area (Å²) in [6.07, 6.45) is 0. The number of nitrogens with two attached hydrogens (primary N) is 1. The maximum atomic E-state index is 12.1. The first-order valence-electron chi connectivity index (χ1n) is 6.26. The molecule has 9 nitrogen and oxygen atoms in total. The molecule has 1 aromatic rings. The van der Waals surface area contributed by atoms with Crippen LogP contribution in [0.15, 0.2) is 18.2 Å². The number of non-ortho nitro benzene ring substituents is 1. The Morgan fingerprint density at radius 2 is 1.77 bits per heavy atom. The lowest BCUT2D eigenvalue weighted by Crippen LogP contribution is -2.47. The fraction of sp³-hybridized carbons (Fsp3) is 0.308. The van der Waals surface area contributed by atoms with Crippen LogP contribution in [-0.4, -0.2) is 33.9 Å².